The molecule has 1 aromatic rings. The average Bonchev–Trinajstić information content (AvgIpc) is 2.61. The molecule has 15 heavy (non-hydrogen) atoms. The van der Waals surface area contributed by atoms with Crippen LogP contribution in [0.2, 0.25) is 0 Å². The maximum atomic E-state index is 4.36. The van der Waals surface area contributed by atoms with Crippen LogP contribution in [0, 0.1) is 0 Å². The van der Waals surface area contributed by atoms with Crippen molar-refractivity contribution in [1.82, 2.24) is 19.7 Å². The van der Waals surface area contributed by atoms with Gasteiger partial charge in [0.15, 0.2) is 0 Å². The van der Waals surface area contributed by atoms with E-state index >= 15 is 0 Å². The Morgan fingerprint density at radius 1 is 1.27 bits per heavy atom. The normalized spacial score (nSPS) is 17.9. The van der Waals surface area contributed by atoms with Crippen molar-refractivity contribution in [3.05, 3.63) is 11.6 Å². The molecule has 0 fully saturated rings. The molecule has 0 atom stereocenters. The first-order valence-electron chi connectivity index (χ1n) is 5.65. The molecule has 1 aromatic heterocycles. The highest BCUT2D eigenvalue weighted by molar-refractivity contribution is 5.08. The van der Waals surface area contributed by atoms with Crippen LogP contribution in [0.25, 0.3) is 0 Å². The van der Waals surface area contributed by atoms with Crippen LogP contribution in [0.3, 0.4) is 0 Å². The lowest BCUT2D eigenvalue weighted by Gasteiger charge is -2.28. The van der Waals surface area contributed by atoms with Crippen molar-refractivity contribution >= 4 is 0 Å². The van der Waals surface area contributed by atoms with Gasteiger partial charge in [-0.1, -0.05) is 20.8 Å². The zero-order valence-corrected chi connectivity index (χ0v) is 10.1. The average molecular weight is 208 g/mol. The van der Waals surface area contributed by atoms with E-state index in [9.17, 15) is 0 Å². The van der Waals surface area contributed by atoms with Gasteiger partial charge in [0, 0.05) is 18.5 Å². The summed E-state index contributed by atoms with van der Waals surface area (Å²) >= 11 is 0. The zero-order chi connectivity index (χ0) is 11.1. The van der Waals surface area contributed by atoms with E-state index in [0.29, 0.717) is 0 Å². The van der Waals surface area contributed by atoms with E-state index in [1.807, 2.05) is 0 Å². The fraction of sp³-hybridized carbons (Fsp3) is 0.818. The second kappa shape index (κ2) is 3.59. The molecular weight excluding hydrogens is 188 g/mol. The predicted molar refractivity (Wildman–Crippen MR) is 59.7 cm³/mol. The van der Waals surface area contributed by atoms with E-state index in [4.69, 9.17) is 0 Å². The van der Waals surface area contributed by atoms with Crippen molar-refractivity contribution in [2.24, 2.45) is 0 Å². The summed E-state index contributed by atoms with van der Waals surface area (Å²) in [5.74, 6) is 2.26. The molecule has 2 rings (SSSR count). The summed E-state index contributed by atoms with van der Waals surface area (Å²) in [6.45, 7) is 9.73. The predicted octanol–water partition coefficient (Wildman–Crippen LogP) is 1.41. The van der Waals surface area contributed by atoms with Crippen LogP contribution >= 0.6 is 0 Å². The first kappa shape index (κ1) is 10.6. The van der Waals surface area contributed by atoms with Crippen molar-refractivity contribution in [3.63, 3.8) is 0 Å². The van der Waals surface area contributed by atoms with Crippen molar-refractivity contribution in [2.45, 2.75) is 45.7 Å². The highest BCUT2D eigenvalue weighted by Gasteiger charge is 2.28. The molecular formula is C11H20N4. The Labute approximate surface area is 91.3 Å². The lowest BCUT2D eigenvalue weighted by molar-refractivity contribution is 0.256. The zero-order valence-electron chi connectivity index (χ0n) is 10.1. The first-order chi connectivity index (χ1) is 7.04. The van der Waals surface area contributed by atoms with E-state index in [-0.39, 0.29) is 5.41 Å². The SMILES string of the molecule is CCC(C)(C)c1nnc2n1CCN(C)C2. The molecule has 0 unspecified atom stereocenters. The van der Waals surface area contributed by atoms with Gasteiger partial charge in [0.1, 0.15) is 11.6 Å². The summed E-state index contributed by atoms with van der Waals surface area (Å²) < 4.78 is 2.30. The molecule has 0 spiro atoms. The third-order valence-electron chi connectivity index (χ3n) is 3.43. The van der Waals surface area contributed by atoms with Crippen LogP contribution in [0.4, 0.5) is 0 Å². The van der Waals surface area contributed by atoms with Crippen molar-refractivity contribution < 1.29 is 0 Å². The molecule has 0 aromatic carbocycles. The Kier molecular flexibility index (Phi) is 2.54. The van der Waals surface area contributed by atoms with Gasteiger partial charge in [-0.2, -0.15) is 0 Å². The maximum Gasteiger partial charge on any atom is 0.147 e. The highest BCUT2D eigenvalue weighted by Crippen LogP contribution is 2.26. The second-order valence-electron chi connectivity index (χ2n) is 5.07. The molecule has 0 saturated heterocycles. The molecule has 4 nitrogen and oxygen atoms in total. The number of aromatic nitrogens is 3. The van der Waals surface area contributed by atoms with Gasteiger partial charge >= 0.3 is 0 Å². The molecule has 4 heteroatoms. The van der Waals surface area contributed by atoms with Gasteiger partial charge in [0.05, 0.1) is 6.54 Å². The maximum absolute atomic E-state index is 4.36. The second-order valence-corrected chi connectivity index (χ2v) is 5.07. The fourth-order valence-electron chi connectivity index (χ4n) is 1.94. The number of hydrogen-bond donors (Lipinski definition) is 0. The fourth-order valence-corrected chi connectivity index (χ4v) is 1.94. The van der Waals surface area contributed by atoms with Gasteiger partial charge in [-0.25, -0.2) is 0 Å². The van der Waals surface area contributed by atoms with Crippen LogP contribution in [0.15, 0.2) is 0 Å². The minimum absolute atomic E-state index is 0.140. The summed E-state index contributed by atoms with van der Waals surface area (Å²) in [4.78, 5) is 2.28. The quantitative estimate of drug-likeness (QED) is 0.737. The Morgan fingerprint density at radius 3 is 2.67 bits per heavy atom. The van der Waals surface area contributed by atoms with E-state index in [2.05, 4.69) is 47.5 Å². The van der Waals surface area contributed by atoms with Gasteiger partial charge in [-0.3, -0.25) is 4.90 Å². The minimum Gasteiger partial charge on any atom is -0.312 e. The number of hydrogen-bond acceptors (Lipinski definition) is 3. The largest absolute Gasteiger partial charge is 0.312 e. The number of likely N-dealkylation sites (N-methyl/N-ethyl adjacent to an activating group) is 1. The molecule has 0 aliphatic carbocycles. The van der Waals surface area contributed by atoms with Crippen LogP contribution in [-0.2, 0) is 18.5 Å². The Balaban J connectivity index is 2.36. The van der Waals surface area contributed by atoms with E-state index < -0.39 is 0 Å². The van der Waals surface area contributed by atoms with Gasteiger partial charge in [-0.05, 0) is 13.5 Å². The van der Waals surface area contributed by atoms with Crippen LogP contribution in [0.5, 0.6) is 0 Å². The summed E-state index contributed by atoms with van der Waals surface area (Å²) in [6.07, 6.45) is 1.10. The molecule has 1 aliphatic rings. The molecule has 0 bridgehead atoms. The topological polar surface area (TPSA) is 34.0 Å². The molecule has 1 aliphatic heterocycles. The van der Waals surface area contributed by atoms with Crippen molar-refractivity contribution in [3.8, 4) is 0 Å². The molecule has 0 radical (unpaired) electrons. The molecule has 2 heterocycles. The third-order valence-corrected chi connectivity index (χ3v) is 3.43. The monoisotopic (exact) mass is 208 g/mol. The van der Waals surface area contributed by atoms with Crippen LogP contribution in [0.1, 0.15) is 38.8 Å². The third kappa shape index (κ3) is 1.78. The lowest BCUT2D eigenvalue weighted by Crippen LogP contribution is -2.33. The first-order valence-corrected chi connectivity index (χ1v) is 5.65. The Morgan fingerprint density at radius 2 is 2.00 bits per heavy atom. The smallest absolute Gasteiger partial charge is 0.147 e. The summed E-state index contributed by atoms with van der Waals surface area (Å²) in [5.41, 5.74) is 0.140. The van der Waals surface area contributed by atoms with E-state index in [1.165, 1.54) is 0 Å². The lowest BCUT2D eigenvalue weighted by atomic mass is 9.89. The van der Waals surface area contributed by atoms with Gasteiger partial charge in [0.25, 0.3) is 0 Å². The van der Waals surface area contributed by atoms with Gasteiger partial charge < -0.3 is 4.57 Å². The number of nitrogens with zero attached hydrogens (tertiary/aromatic N) is 4. The Bertz CT molecular complexity index is 353. The number of rotatable bonds is 2. The Hall–Kier alpha value is -0.900. The number of fused-ring (bicyclic) bond motifs is 1. The van der Waals surface area contributed by atoms with Crippen LogP contribution in [-0.4, -0.2) is 33.3 Å². The standard InChI is InChI=1S/C11H20N4/c1-5-11(2,3)10-13-12-9-8-14(4)6-7-15(9)10/h5-8H2,1-4H3. The summed E-state index contributed by atoms with van der Waals surface area (Å²) in [5, 5.41) is 8.65. The highest BCUT2D eigenvalue weighted by atomic mass is 15.3. The molecule has 0 saturated carbocycles. The van der Waals surface area contributed by atoms with Gasteiger partial charge in [0.2, 0.25) is 0 Å². The molecule has 84 valence electrons. The minimum atomic E-state index is 0.140. The van der Waals surface area contributed by atoms with E-state index in [0.717, 1.165) is 37.7 Å². The molecule has 0 amide bonds. The van der Waals surface area contributed by atoms with Crippen molar-refractivity contribution in [1.29, 1.82) is 0 Å². The summed E-state index contributed by atoms with van der Waals surface area (Å²) in [6, 6.07) is 0. The van der Waals surface area contributed by atoms with Crippen molar-refractivity contribution in [2.75, 3.05) is 13.6 Å². The molecule has 0 N–H and O–H groups in total. The van der Waals surface area contributed by atoms with Gasteiger partial charge in [-0.15, -0.1) is 10.2 Å². The summed E-state index contributed by atoms with van der Waals surface area (Å²) in [7, 11) is 2.13. The van der Waals surface area contributed by atoms with Crippen LogP contribution < -0.4 is 0 Å². The van der Waals surface area contributed by atoms with E-state index in [1.54, 1.807) is 0 Å².